The van der Waals surface area contributed by atoms with Gasteiger partial charge in [-0.25, -0.2) is 8.42 Å². The lowest BCUT2D eigenvalue weighted by atomic mass is 9.90. The zero-order valence-corrected chi connectivity index (χ0v) is 19.0. The fourth-order valence-electron chi connectivity index (χ4n) is 3.41. The lowest BCUT2D eigenvalue weighted by Crippen LogP contribution is -2.22. The average molecular weight is 462 g/mol. The standard InChI is InChI=1S/C25H23N3O4S/c1-17(2)33(30,31)21-15-13-20(14-16-21)24-27-28-25(32-24)26-23(29)22(18-9-5-3-6-10-18)19-11-7-4-8-12-19/h3-17,22H,1-2H3,(H,26,28,29). The molecule has 1 heterocycles. The van der Waals surface area contributed by atoms with Crippen LogP contribution in [0.15, 0.2) is 94.2 Å². The summed E-state index contributed by atoms with van der Waals surface area (Å²) in [5.74, 6) is -0.681. The minimum atomic E-state index is -3.37. The van der Waals surface area contributed by atoms with E-state index in [1.165, 1.54) is 12.1 Å². The fraction of sp³-hybridized carbons (Fsp3) is 0.160. The zero-order chi connectivity index (χ0) is 23.4. The maximum atomic E-state index is 13.2. The number of anilines is 1. The first-order chi connectivity index (χ1) is 15.9. The summed E-state index contributed by atoms with van der Waals surface area (Å²) in [6, 6.07) is 25.1. The molecule has 0 saturated carbocycles. The molecule has 0 atom stereocenters. The van der Waals surface area contributed by atoms with E-state index in [-0.39, 0.29) is 22.7 Å². The number of carbonyl (C=O) groups excluding carboxylic acids is 1. The number of nitrogens with zero attached hydrogens (tertiary/aromatic N) is 2. The number of hydrogen-bond acceptors (Lipinski definition) is 6. The first kappa shape index (κ1) is 22.4. The molecular formula is C25H23N3O4S. The summed E-state index contributed by atoms with van der Waals surface area (Å²) >= 11 is 0. The maximum absolute atomic E-state index is 13.2. The number of hydrogen-bond donors (Lipinski definition) is 1. The molecule has 168 valence electrons. The molecule has 0 unspecified atom stereocenters. The molecule has 1 N–H and O–H groups in total. The number of rotatable bonds is 7. The molecule has 3 aromatic carbocycles. The van der Waals surface area contributed by atoms with Gasteiger partial charge in [0.1, 0.15) is 0 Å². The second kappa shape index (κ2) is 9.38. The second-order valence-electron chi connectivity index (χ2n) is 7.77. The van der Waals surface area contributed by atoms with Crippen LogP contribution in [0.2, 0.25) is 0 Å². The van der Waals surface area contributed by atoms with Crippen LogP contribution >= 0.6 is 0 Å². The molecule has 0 aliphatic heterocycles. The van der Waals surface area contributed by atoms with Gasteiger partial charge in [-0.2, -0.15) is 0 Å². The van der Waals surface area contributed by atoms with Gasteiger partial charge < -0.3 is 4.42 Å². The van der Waals surface area contributed by atoms with Crippen molar-refractivity contribution in [3.05, 3.63) is 96.1 Å². The number of aromatic nitrogens is 2. The molecule has 0 bridgehead atoms. The van der Waals surface area contributed by atoms with Gasteiger partial charge in [-0.05, 0) is 49.2 Å². The highest BCUT2D eigenvalue weighted by atomic mass is 32.2. The van der Waals surface area contributed by atoms with E-state index >= 15 is 0 Å². The van der Waals surface area contributed by atoms with Crippen molar-refractivity contribution in [2.45, 2.75) is 29.9 Å². The fourth-order valence-corrected chi connectivity index (χ4v) is 4.47. The van der Waals surface area contributed by atoms with Crippen molar-refractivity contribution in [3.63, 3.8) is 0 Å². The predicted molar refractivity (Wildman–Crippen MR) is 125 cm³/mol. The summed E-state index contributed by atoms with van der Waals surface area (Å²) in [5.41, 5.74) is 2.22. The molecule has 0 saturated heterocycles. The molecule has 0 aliphatic rings. The molecule has 0 radical (unpaired) electrons. The summed E-state index contributed by atoms with van der Waals surface area (Å²) in [5, 5.41) is 10.1. The van der Waals surface area contributed by atoms with Crippen LogP contribution in [0.25, 0.3) is 11.5 Å². The van der Waals surface area contributed by atoms with Gasteiger partial charge in [-0.3, -0.25) is 10.1 Å². The summed E-state index contributed by atoms with van der Waals surface area (Å²) < 4.78 is 30.2. The van der Waals surface area contributed by atoms with Crippen molar-refractivity contribution >= 4 is 21.8 Å². The smallest absolute Gasteiger partial charge is 0.322 e. The van der Waals surface area contributed by atoms with Crippen LogP contribution in [0.5, 0.6) is 0 Å². The Bertz CT molecular complexity index is 1290. The Kier molecular flexibility index (Phi) is 6.37. The summed E-state index contributed by atoms with van der Waals surface area (Å²) in [6.07, 6.45) is 0. The van der Waals surface area contributed by atoms with E-state index in [4.69, 9.17) is 4.42 Å². The summed E-state index contributed by atoms with van der Waals surface area (Å²) in [7, 11) is -3.37. The van der Waals surface area contributed by atoms with Crippen LogP contribution in [-0.4, -0.2) is 29.8 Å². The van der Waals surface area contributed by atoms with Gasteiger partial charge in [-0.1, -0.05) is 65.8 Å². The third-order valence-electron chi connectivity index (χ3n) is 5.23. The Balaban J connectivity index is 1.56. The Labute approximate surface area is 192 Å². The normalized spacial score (nSPS) is 11.6. The van der Waals surface area contributed by atoms with Crippen LogP contribution in [0.1, 0.15) is 30.9 Å². The Morgan fingerprint density at radius 3 is 1.88 bits per heavy atom. The predicted octanol–water partition coefficient (Wildman–Crippen LogP) is 4.69. The first-order valence-electron chi connectivity index (χ1n) is 10.4. The quantitative estimate of drug-likeness (QED) is 0.428. The van der Waals surface area contributed by atoms with E-state index in [1.54, 1.807) is 26.0 Å². The van der Waals surface area contributed by atoms with Crippen LogP contribution < -0.4 is 5.32 Å². The lowest BCUT2D eigenvalue weighted by Gasteiger charge is -2.16. The minimum absolute atomic E-state index is 0.0364. The zero-order valence-electron chi connectivity index (χ0n) is 18.2. The van der Waals surface area contributed by atoms with Crippen molar-refractivity contribution in [1.29, 1.82) is 0 Å². The van der Waals surface area contributed by atoms with Crippen molar-refractivity contribution in [2.24, 2.45) is 0 Å². The van der Waals surface area contributed by atoms with E-state index < -0.39 is 21.0 Å². The van der Waals surface area contributed by atoms with Crippen molar-refractivity contribution in [1.82, 2.24) is 10.2 Å². The lowest BCUT2D eigenvalue weighted by molar-refractivity contribution is -0.116. The molecule has 7 nitrogen and oxygen atoms in total. The highest BCUT2D eigenvalue weighted by Crippen LogP contribution is 2.27. The van der Waals surface area contributed by atoms with Crippen molar-refractivity contribution in [2.75, 3.05) is 5.32 Å². The Hall–Kier alpha value is -3.78. The molecule has 0 spiro atoms. The molecule has 0 fully saturated rings. The van der Waals surface area contributed by atoms with E-state index in [2.05, 4.69) is 15.5 Å². The van der Waals surface area contributed by atoms with Gasteiger partial charge in [0.05, 0.1) is 16.1 Å². The van der Waals surface area contributed by atoms with Gasteiger partial charge in [0.25, 0.3) is 0 Å². The molecular weight excluding hydrogens is 438 g/mol. The van der Waals surface area contributed by atoms with Crippen molar-refractivity contribution in [3.8, 4) is 11.5 Å². The molecule has 1 amide bonds. The highest BCUT2D eigenvalue weighted by Gasteiger charge is 2.25. The van der Waals surface area contributed by atoms with Crippen LogP contribution in [0, 0.1) is 0 Å². The van der Waals surface area contributed by atoms with Gasteiger partial charge in [-0.15, -0.1) is 5.10 Å². The van der Waals surface area contributed by atoms with Crippen molar-refractivity contribution < 1.29 is 17.6 Å². The molecule has 1 aromatic heterocycles. The molecule has 4 aromatic rings. The van der Waals surface area contributed by atoms with Crippen LogP contribution in [0.3, 0.4) is 0 Å². The van der Waals surface area contributed by atoms with E-state index in [0.717, 1.165) is 11.1 Å². The molecule has 8 heteroatoms. The molecule has 33 heavy (non-hydrogen) atoms. The summed E-state index contributed by atoms with van der Waals surface area (Å²) in [4.78, 5) is 13.4. The van der Waals surface area contributed by atoms with Crippen LogP contribution in [-0.2, 0) is 14.6 Å². The number of sulfone groups is 1. The average Bonchev–Trinajstić information content (AvgIpc) is 3.29. The van der Waals surface area contributed by atoms with Crippen LogP contribution in [0.4, 0.5) is 6.01 Å². The maximum Gasteiger partial charge on any atom is 0.322 e. The third kappa shape index (κ3) is 4.85. The molecule has 0 aliphatic carbocycles. The first-order valence-corrected chi connectivity index (χ1v) is 12.0. The van der Waals surface area contributed by atoms with Gasteiger partial charge in [0.2, 0.25) is 11.8 Å². The van der Waals surface area contributed by atoms with Gasteiger partial charge in [0.15, 0.2) is 9.84 Å². The van der Waals surface area contributed by atoms with Gasteiger partial charge >= 0.3 is 6.01 Å². The highest BCUT2D eigenvalue weighted by molar-refractivity contribution is 7.92. The van der Waals surface area contributed by atoms with E-state index in [0.29, 0.717) is 5.56 Å². The number of benzene rings is 3. The number of carbonyl (C=O) groups is 1. The Morgan fingerprint density at radius 1 is 0.818 bits per heavy atom. The van der Waals surface area contributed by atoms with E-state index in [1.807, 2.05) is 60.7 Å². The molecule has 4 rings (SSSR count). The number of nitrogens with one attached hydrogen (secondary N) is 1. The number of amides is 1. The Morgan fingerprint density at radius 2 is 1.36 bits per heavy atom. The monoisotopic (exact) mass is 461 g/mol. The van der Waals surface area contributed by atoms with Gasteiger partial charge in [0, 0.05) is 5.56 Å². The largest absolute Gasteiger partial charge is 0.403 e. The topological polar surface area (TPSA) is 102 Å². The SMILES string of the molecule is CC(C)S(=O)(=O)c1ccc(-c2nnc(NC(=O)C(c3ccccc3)c3ccccc3)o2)cc1. The van der Waals surface area contributed by atoms with E-state index in [9.17, 15) is 13.2 Å². The minimum Gasteiger partial charge on any atom is -0.403 e. The third-order valence-corrected chi connectivity index (χ3v) is 7.40. The second-order valence-corrected chi connectivity index (χ2v) is 10.3. The summed E-state index contributed by atoms with van der Waals surface area (Å²) in [6.45, 7) is 3.27.